The first kappa shape index (κ1) is 14.9. The van der Waals surface area contributed by atoms with Crippen LogP contribution in [0, 0.1) is 0 Å². The molecule has 0 amide bonds. The van der Waals surface area contributed by atoms with E-state index in [2.05, 4.69) is 5.32 Å². The molecule has 2 unspecified atom stereocenters. The summed E-state index contributed by atoms with van der Waals surface area (Å²) in [5, 5.41) is 3.11. The third kappa shape index (κ3) is 6.35. The van der Waals surface area contributed by atoms with Gasteiger partial charge in [0, 0.05) is 25.9 Å². The van der Waals surface area contributed by atoms with Gasteiger partial charge in [-0.25, -0.2) is 8.42 Å². The Hall–Kier alpha value is -0.170. The van der Waals surface area contributed by atoms with Gasteiger partial charge < -0.3 is 15.0 Å². The molecular formula is C11H24N2O3S. The van der Waals surface area contributed by atoms with Crippen molar-refractivity contribution in [2.75, 3.05) is 45.7 Å². The largest absolute Gasteiger partial charge is 0.372 e. The highest BCUT2D eigenvalue weighted by Gasteiger charge is 2.25. The first-order valence-corrected chi connectivity index (χ1v) is 8.13. The number of hydrogen-bond donors (Lipinski definition) is 1. The Kier molecular flexibility index (Phi) is 5.85. The SMILES string of the molecule is CNCC1CCC(CN(C)CCS(C)(=O)=O)O1. The van der Waals surface area contributed by atoms with Crippen LogP contribution in [0.4, 0.5) is 0 Å². The zero-order valence-electron chi connectivity index (χ0n) is 11.0. The standard InChI is InChI=1S/C11H24N2O3S/c1-12-8-10-4-5-11(16-10)9-13(2)6-7-17(3,14)15/h10-12H,4-9H2,1-3H3. The van der Waals surface area contributed by atoms with Crippen LogP contribution in [-0.4, -0.2) is 71.3 Å². The van der Waals surface area contributed by atoms with Gasteiger partial charge in [-0.3, -0.25) is 0 Å². The fraction of sp³-hybridized carbons (Fsp3) is 1.00. The molecule has 1 aliphatic rings. The molecule has 1 heterocycles. The van der Waals surface area contributed by atoms with E-state index >= 15 is 0 Å². The molecule has 102 valence electrons. The maximum atomic E-state index is 11.0. The lowest BCUT2D eigenvalue weighted by Crippen LogP contribution is -2.33. The van der Waals surface area contributed by atoms with Crippen LogP contribution in [0.25, 0.3) is 0 Å². The minimum Gasteiger partial charge on any atom is -0.372 e. The van der Waals surface area contributed by atoms with Gasteiger partial charge in [-0.1, -0.05) is 0 Å². The molecule has 0 aromatic rings. The second kappa shape index (κ2) is 6.68. The Labute approximate surface area is 104 Å². The number of ether oxygens (including phenoxy) is 1. The maximum Gasteiger partial charge on any atom is 0.148 e. The van der Waals surface area contributed by atoms with Crippen molar-refractivity contribution in [3.63, 3.8) is 0 Å². The molecule has 1 fully saturated rings. The van der Waals surface area contributed by atoms with E-state index in [0.717, 1.165) is 25.9 Å². The van der Waals surface area contributed by atoms with Crippen LogP contribution in [0.5, 0.6) is 0 Å². The molecule has 17 heavy (non-hydrogen) atoms. The van der Waals surface area contributed by atoms with Gasteiger partial charge in [0.15, 0.2) is 0 Å². The van der Waals surface area contributed by atoms with Gasteiger partial charge in [-0.15, -0.1) is 0 Å². The molecule has 0 aromatic heterocycles. The van der Waals surface area contributed by atoms with E-state index in [1.807, 2.05) is 19.0 Å². The van der Waals surface area contributed by atoms with Crippen LogP contribution in [0.1, 0.15) is 12.8 Å². The second-order valence-corrected chi connectivity index (χ2v) is 7.17. The van der Waals surface area contributed by atoms with Crippen molar-refractivity contribution in [3.8, 4) is 0 Å². The Bertz CT molecular complexity index is 319. The summed E-state index contributed by atoms with van der Waals surface area (Å²) in [6, 6.07) is 0. The summed E-state index contributed by atoms with van der Waals surface area (Å²) < 4.78 is 27.9. The Morgan fingerprint density at radius 3 is 2.59 bits per heavy atom. The van der Waals surface area contributed by atoms with E-state index in [9.17, 15) is 8.42 Å². The van der Waals surface area contributed by atoms with E-state index in [-0.39, 0.29) is 11.9 Å². The molecule has 1 N–H and O–H groups in total. The monoisotopic (exact) mass is 264 g/mol. The first-order chi connectivity index (χ1) is 7.90. The summed E-state index contributed by atoms with van der Waals surface area (Å²) in [5.74, 6) is 0.218. The molecule has 0 bridgehead atoms. The molecule has 0 aromatic carbocycles. The lowest BCUT2D eigenvalue weighted by Gasteiger charge is -2.21. The van der Waals surface area contributed by atoms with Gasteiger partial charge in [0.2, 0.25) is 0 Å². The quantitative estimate of drug-likeness (QED) is 0.686. The van der Waals surface area contributed by atoms with E-state index in [1.54, 1.807) is 0 Å². The first-order valence-electron chi connectivity index (χ1n) is 6.07. The van der Waals surface area contributed by atoms with Crippen LogP contribution in [0.15, 0.2) is 0 Å². The average molecular weight is 264 g/mol. The molecule has 0 radical (unpaired) electrons. The summed E-state index contributed by atoms with van der Waals surface area (Å²) in [6.45, 7) is 2.29. The molecule has 1 saturated heterocycles. The number of hydrogen-bond acceptors (Lipinski definition) is 5. The van der Waals surface area contributed by atoms with Crippen molar-refractivity contribution >= 4 is 9.84 Å². The van der Waals surface area contributed by atoms with E-state index in [4.69, 9.17) is 4.74 Å². The summed E-state index contributed by atoms with van der Waals surface area (Å²) in [4.78, 5) is 2.04. The van der Waals surface area contributed by atoms with Crippen molar-refractivity contribution < 1.29 is 13.2 Å². The minimum absolute atomic E-state index is 0.218. The lowest BCUT2D eigenvalue weighted by molar-refractivity contribution is 0.0297. The summed E-state index contributed by atoms with van der Waals surface area (Å²) >= 11 is 0. The van der Waals surface area contributed by atoms with E-state index in [0.29, 0.717) is 12.6 Å². The fourth-order valence-electron chi connectivity index (χ4n) is 2.05. The highest BCUT2D eigenvalue weighted by Crippen LogP contribution is 2.19. The summed E-state index contributed by atoms with van der Waals surface area (Å²) in [6.07, 6.45) is 3.99. The van der Waals surface area contributed by atoms with Gasteiger partial charge in [0.25, 0.3) is 0 Å². The number of likely N-dealkylation sites (N-methyl/N-ethyl adjacent to an activating group) is 2. The zero-order chi connectivity index (χ0) is 12.9. The van der Waals surface area contributed by atoms with Gasteiger partial charge in [0.05, 0.1) is 18.0 Å². The molecule has 2 atom stereocenters. The number of nitrogens with one attached hydrogen (secondary N) is 1. The van der Waals surface area contributed by atoms with Crippen molar-refractivity contribution in [1.82, 2.24) is 10.2 Å². The molecular weight excluding hydrogens is 240 g/mol. The van der Waals surface area contributed by atoms with Crippen LogP contribution in [0.2, 0.25) is 0 Å². The summed E-state index contributed by atoms with van der Waals surface area (Å²) in [7, 11) is 1.01. The molecule has 1 aliphatic heterocycles. The van der Waals surface area contributed by atoms with Crippen molar-refractivity contribution in [2.45, 2.75) is 25.0 Å². The molecule has 0 aliphatic carbocycles. The fourth-order valence-corrected chi connectivity index (χ4v) is 2.70. The molecule has 6 heteroatoms. The van der Waals surface area contributed by atoms with Crippen LogP contribution < -0.4 is 5.32 Å². The van der Waals surface area contributed by atoms with Crippen LogP contribution in [-0.2, 0) is 14.6 Å². The number of sulfone groups is 1. The smallest absolute Gasteiger partial charge is 0.148 e. The molecule has 0 spiro atoms. The summed E-state index contributed by atoms with van der Waals surface area (Å²) in [5.41, 5.74) is 0. The predicted octanol–water partition coefficient (Wildman–Crippen LogP) is -0.270. The Morgan fingerprint density at radius 1 is 1.35 bits per heavy atom. The molecule has 5 nitrogen and oxygen atoms in total. The van der Waals surface area contributed by atoms with E-state index < -0.39 is 9.84 Å². The number of rotatable bonds is 7. The Morgan fingerprint density at radius 2 is 2.00 bits per heavy atom. The van der Waals surface area contributed by atoms with Crippen molar-refractivity contribution in [2.24, 2.45) is 0 Å². The van der Waals surface area contributed by atoms with Gasteiger partial charge >= 0.3 is 0 Å². The normalized spacial score (nSPS) is 25.6. The van der Waals surface area contributed by atoms with Crippen molar-refractivity contribution in [1.29, 1.82) is 0 Å². The average Bonchev–Trinajstić information content (AvgIpc) is 2.62. The van der Waals surface area contributed by atoms with Gasteiger partial charge in [0.1, 0.15) is 9.84 Å². The van der Waals surface area contributed by atoms with Gasteiger partial charge in [-0.2, -0.15) is 0 Å². The molecule has 1 rings (SSSR count). The lowest BCUT2D eigenvalue weighted by atomic mass is 10.2. The maximum absolute atomic E-state index is 11.0. The highest BCUT2D eigenvalue weighted by atomic mass is 32.2. The minimum atomic E-state index is -2.86. The third-order valence-electron chi connectivity index (χ3n) is 2.99. The zero-order valence-corrected chi connectivity index (χ0v) is 11.8. The number of nitrogens with zero attached hydrogens (tertiary/aromatic N) is 1. The van der Waals surface area contributed by atoms with Gasteiger partial charge in [-0.05, 0) is 26.9 Å². The van der Waals surface area contributed by atoms with Crippen LogP contribution >= 0.6 is 0 Å². The second-order valence-electron chi connectivity index (χ2n) is 4.91. The van der Waals surface area contributed by atoms with Crippen molar-refractivity contribution in [3.05, 3.63) is 0 Å². The highest BCUT2D eigenvalue weighted by molar-refractivity contribution is 7.90. The third-order valence-corrected chi connectivity index (χ3v) is 3.91. The van der Waals surface area contributed by atoms with Crippen LogP contribution in [0.3, 0.4) is 0 Å². The van der Waals surface area contributed by atoms with E-state index in [1.165, 1.54) is 6.26 Å². The predicted molar refractivity (Wildman–Crippen MR) is 69.0 cm³/mol. The molecule has 0 saturated carbocycles. The Balaban J connectivity index is 2.21. The topological polar surface area (TPSA) is 58.6 Å².